The molecule has 0 bridgehead atoms. The van der Waals surface area contributed by atoms with Gasteiger partial charge in [-0.25, -0.2) is 8.42 Å². The van der Waals surface area contributed by atoms with E-state index in [9.17, 15) is 8.42 Å². The van der Waals surface area contributed by atoms with E-state index in [-0.39, 0.29) is 4.21 Å². The summed E-state index contributed by atoms with van der Waals surface area (Å²) < 4.78 is 26.5. The highest BCUT2D eigenvalue weighted by Gasteiger charge is 2.25. The Labute approximate surface area is 98.5 Å². The molecule has 82 valence electrons. The molecule has 0 fully saturated rings. The van der Waals surface area contributed by atoms with Gasteiger partial charge in [-0.2, -0.15) is 4.72 Å². The van der Waals surface area contributed by atoms with Crippen molar-refractivity contribution in [2.24, 2.45) is 0 Å². The van der Waals surface area contributed by atoms with E-state index in [1.807, 2.05) is 0 Å². The predicted octanol–water partition coefficient (Wildman–Crippen LogP) is 2.09. The highest BCUT2D eigenvalue weighted by Crippen LogP contribution is 2.26. The Morgan fingerprint density at radius 1 is 1.53 bits per heavy atom. The highest BCUT2D eigenvalue weighted by molar-refractivity contribution is 7.91. The minimum absolute atomic E-state index is 0.163. The van der Waals surface area contributed by atoms with E-state index in [4.69, 9.17) is 18.0 Å². The third kappa shape index (κ3) is 3.21. The number of hydrogen-bond donors (Lipinski definition) is 1. The fourth-order valence-corrected chi connectivity index (χ4v) is 3.68. The minimum atomic E-state index is -3.57. The first-order valence-electron chi connectivity index (χ1n) is 4.04. The monoisotopic (exact) mass is 263 g/mol. The molecule has 0 aliphatic heterocycles. The van der Waals surface area contributed by atoms with Crippen molar-refractivity contribution in [3.8, 4) is 12.3 Å². The number of thiophene rings is 1. The summed E-state index contributed by atoms with van der Waals surface area (Å²) >= 11 is 6.65. The van der Waals surface area contributed by atoms with Crippen molar-refractivity contribution >= 4 is 33.0 Å². The quantitative estimate of drug-likeness (QED) is 0.849. The number of sulfonamides is 1. The molecule has 0 atom stereocenters. The SMILES string of the molecule is C#CC(C)(C)NS(=O)(=O)c1ccc(Cl)s1. The van der Waals surface area contributed by atoms with Crippen LogP contribution < -0.4 is 4.72 Å². The van der Waals surface area contributed by atoms with E-state index in [0.29, 0.717) is 4.34 Å². The van der Waals surface area contributed by atoms with Crippen LogP contribution in [-0.4, -0.2) is 14.0 Å². The van der Waals surface area contributed by atoms with Crippen LogP contribution in [0.15, 0.2) is 16.3 Å². The molecule has 1 aromatic heterocycles. The molecule has 0 aliphatic rings. The summed E-state index contributed by atoms with van der Waals surface area (Å²) in [4.78, 5) is 0. The van der Waals surface area contributed by atoms with E-state index in [1.165, 1.54) is 12.1 Å². The highest BCUT2D eigenvalue weighted by atomic mass is 35.5. The van der Waals surface area contributed by atoms with Crippen LogP contribution in [0.2, 0.25) is 4.34 Å². The molecule has 0 saturated heterocycles. The first-order valence-corrected chi connectivity index (χ1v) is 6.72. The molecule has 0 saturated carbocycles. The van der Waals surface area contributed by atoms with Gasteiger partial charge in [0.1, 0.15) is 4.21 Å². The minimum Gasteiger partial charge on any atom is -0.206 e. The van der Waals surface area contributed by atoms with Crippen LogP contribution in [0, 0.1) is 12.3 Å². The number of hydrogen-bond acceptors (Lipinski definition) is 3. The zero-order chi connectivity index (χ0) is 11.7. The van der Waals surface area contributed by atoms with Crippen molar-refractivity contribution in [1.29, 1.82) is 0 Å². The zero-order valence-corrected chi connectivity index (χ0v) is 10.6. The largest absolute Gasteiger partial charge is 0.251 e. The van der Waals surface area contributed by atoms with Gasteiger partial charge in [0.25, 0.3) is 10.0 Å². The van der Waals surface area contributed by atoms with Crippen LogP contribution >= 0.6 is 22.9 Å². The van der Waals surface area contributed by atoms with E-state index in [0.717, 1.165) is 11.3 Å². The third-order valence-electron chi connectivity index (χ3n) is 1.56. The van der Waals surface area contributed by atoms with Crippen molar-refractivity contribution in [3.63, 3.8) is 0 Å². The van der Waals surface area contributed by atoms with Gasteiger partial charge in [-0.05, 0) is 26.0 Å². The summed E-state index contributed by atoms with van der Waals surface area (Å²) in [7, 11) is -3.57. The first kappa shape index (κ1) is 12.5. The molecule has 1 aromatic rings. The van der Waals surface area contributed by atoms with Gasteiger partial charge in [-0.3, -0.25) is 0 Å². The van der Waals surface area contributed by atoms with Crippen LogP contribution in [0.5, 0.6) is 0 Å². The van der Waals surface area contributed by atoms with E-state index < -0.39 is 15.6 Å². The Bertz CT molecular complexity index is 496. The maximum Gasteiger partial charge on any atom is 0.251 e. The average molecular weight is 264 g/mol. The Morgan fingerprint density at radius 3 is 2.53 bits per heavy atom. The van der Waals surface area contributed by atoms with E-state index >= 15 is 0 Å². The average Bonchev–Trinajstić information content (AvgIpc) is 2.51. The fraction of sp³-hybridized carbons (Fsp3) is 0.333. The number of rotatable bonds is 3. The van der Waals surface area contributed by atoms with Crippen molar-refractivity contribution in [3.05, 3.63) is 16.5 Å². The Hall–Kier alpha value is -0.540. The molecule has 1 N–H and O–H groups in total. The van der Waals surface area contributed by atoms with Crippen molar-refractivity contribution < 1.29 is 8.42 Å². The summed E-state index contributed by atoms with van der Waals surface area (Å²) in [5, 5.41) is 0. The summed E-state index contributed by atoms with van der Waals surface area (Å²) in [6, 6.07) is 2.98. The third-order valence-corrected chi connectivity index (χ3v) is 4.94. The van der Waals surface area contributed by atoms with Crippen LogP contribution in [0.3, 0.4) is 0 Å². The lowest BCUT2D eigenvalue weighted by molar-refractivity contribution is 0.541. The molecule has 0 radical (unpaired) electrons. The van der Waals surface area contributed by atoms with Crippen LogP contribution in [0.25, 0.3) is 0 Å². The maximum absolute atomic E-state index is 11.8. The Kier molecular flexibility index (Phi) is 3.46. The van der Waals surface area contributed by atoms with Gasteiger partial charge < -0.3 is 0 Å². The second-order valence-corrected chi connectivity index (χ2v) is 7.06. The molecule has 0 unspecified atom stereocenters. The smallest absolute Gasteiger partial charge is 0.206 e. The standard InChI is InChI=1S/C9H10ClNO2S2/c1-4-9(2,3)11-15(12,13)8-6-5-7(10)14-8/h1,5-6,11H,2-3H3. The van der Waals surface area contributed by atoms with Crippen LogP contribution in [-0.2, 0) is 10.0 Å². The summed E-state index contributed by atoms with van der Waals surface area (Å²) in [6.07, 6.45) is 5.20. The lowest BCUT2D eigenvalue weighted by Crippen LogP contribution is -2.41. The molecular weight excluding hydrogens is 254 g/mol. The van der Waals surface area contributed by atoms with Crippen LogP contribution in [0.4, 0.5) is 0 Å². The van der Waals surface area contributed by atoms with E-state index in [2.05, 4.69) is 10.6 Å². The summed E-state index contributed by atoms with van der Waals surface area (Å²) in [5.41, 5.74) is -0.907. The molecule has 0 aliphatic carbocycles. The normalized spacial score (nSPS) is 12.4. The summed E-state index contributed by atoms with van der Waals surface area (Å²) in [6.45, 7) is 3.22. The van der Waals surface area contributed by atoms with Gasteiger partial charge in [0.2, 0.25) is 0 Å². The maximum atomic E-state index is 11.8. The van der Waals surface area contributed by atoms with Crippen molar-refractivity contribution in [2.45, 2.75) is 23.6 Å². The topological polar surface area (TPSA) is 46.2 Å². The number of halogens is 1. The van der Waals surface area contributed by atoms with Gasteiger partial charge >= 0.3 is 0 Å². The van der Waals surface area contributed by atoms with Crippen molar-refractivity contribution in [1.82, 2.24) is 4.72 Å². The molecule has 15 heavy (non-hydrogen) atoms. The molecule has 0 amide bonds. The van der Waals surface area contributed by atoms with Gasteiger partial charge in [0.05, 0.1) is 9.88 Å². The van der Waals surface area contributed by atoms with Crippen LogP contribution in [0.1, 0.15) is 13.8 Å². The van der Waals surface area contributed by atoms with Gasteiger partial charge in [0.15, 0.2) is 0 Å². The molecule has 3 nitrogen and oxygen atoms in total. The Balaban J connectivity index is 3.01. The first-order chi connectivity index (χ1) is 6.77. The van der Waals surface area contributed by atoms with Gasteiger partial charge in [0, 0.05) is 0 Å². The fourth-order valence-electron chi connectivity index (χ4n) is 0.858. The van der Waals surface area contributed by atoms with E-state index in [1.54, 1.807) is 13.8 Å². The predicted molar refractivity (Wildman–Crippen MR) is 62.6 cm³/mol. The molecule has 1 rings (SSSR count). The summed E-state index contributed by atoms with van der Waals surface area (Å²) in [5.74, 6) is 2.36. The molecule has 0 aromatic carbocycles. The lowest BCUT2D eigenvalue weighted by atomic mass is 10.1. The van der Waals surface area contributed by atoms with Gasteiger partial charge in [-0.1, -0.05) is 17.5 Å². The Morgan fingerprint density at radius 2 is 2.13 bits per heavy atom. The number of terminal acetylenes is 1. The molecule has 6 heteroatoms. The van der Waals surface area contributed by atoms with Gasteiger partial charge in [-0.15, -0.1) is 17.8 Å². The molecule has 1 heterocycles. The molecular formula is C9H10ClNO2S2. The zero-order valence-electron chi connectivity index (χ0n) is 8.24. The molecule has 0 spiro atoms. The lowest BCUT2D eigenvalue weighted by Gasteiger charge is -2.18. The second kappa shape index (κ2) is 4.14. The second-order valence-electron chi connectivity index (χ2n) is 3.43. The van der Waals surface area contributed by atoms with Crippen molar-refractivity contribution in [2.75, 3.05) is 0 Å². The number of nitrogens with one attached hydrogen (secondary N) is 1.